The molecular weight excluding hydrogens is 436 g/mol. The first-order valence-electron chi connectivity index (χ1n) is 9.58. The highest BCUT2D eigenvalue weighted by Gasteiger charge is 2.35. The molecule has 4 rings (SSSR count). The molecule has 0 spiro atoms. The lowest BCUT2D eigenvalue weighted by Gasteiger charge is -2.17. The van der Waals surface area contributed by atoms with Crippen molar-refractivity contribution in [2.45, 2.75) is 23.9 Å². The van der Waals surface area contributed by atoms with Gasteiger partial charge in [-0.05, 0) is 58.5 Å². The van der Waals surface area contributed by atoms with Gasteiger partial charge in [-0.15, -0.1) is 11.3 Å². The second-order valence-electron chi connectivity index (χ2n) is 7.29. The summed E-state index contributed by atoms with van der Waals surface area (Å²) >= 11 is 1.35. The van der Waals surface area contributed by atoms with Crippen molar-refractivity contribution in [2.24, 2.45) is 5.73 Å². The van der Waals surface area contributed by atoms with Crippen molar-refractivity contribution >= 4 is 43.9 Å². The second-order valence-corrected chi connectivity index (χ2v) is 9.92. The van der Waals surface area contributed by atoms with Gasteiger partial charge in [0, 0.05) is 13.1 Å². The summed E-state index contributed by atoms with van der Waals surface area (Å²) in [6, 6.07) is 11.3. The largest absolute Gasteiger partial charge is 0.497 e. The number of carbonyl (C=O) groups is 1. The zero-order chi connectivity index (χ0) is 22.2. The SMILES string of the molecule is COc1ccc2ccc(S(=O)(=O)N[C@H]3CCN(Cc4ccsc4C(=N)N)C3=O)cc2c1. The number of ether oxygens (including phenoxy) is 1. The third-order valence-corrected chi connectivity index (χ3v) is 7.74. The number of nitrogens with zero attached hydrogens (tertiary/aromatic N) is 1. The van der Waals surface area contributed by atoms with Gasteiger partial charge in [0.15, 0.2) is 0 Å². The summed E-state index contributed by atoms with van der Waals surface area (Å²) in [6.07, 6.45) is 0.374. The minimum atomic E-state index is -3.89. The number of hydrogen-bond donors (Lipinski definition) is 3. The number of sulfonamides is 1. The third-order valence-electron chi connectivity index (χ3n) is 5.28. The smallest absolute Gasteiger partial charge is 0.241 e. The van der Waals surface area contributed by atoms with Crippen LogP contribution in [-0.2, 0) is 21.4 Å². The molecule has 1 aromatic heterocycles. The van der Waals surface area contributed by atoms with Crippen LogP contribution in [0.4, 0.5) is 0 Å². The van der Waals surface area contributed by atoms with Gasteiger partial charge in [0.05, 0.1) is 16.9 Å². The number of methoxy groups -OCH3 is 1. The molecule has 1 aliphatic heterocycles. The average Bonchev–Trinajstić information content (AvgIpc) is 3.35. The molecule has 2 aromatic carbocycles. The van der Waals surface area contributed by atoms with E-state index in [1.165, 1.54) is 17.4 Å². The number of amidine groups is 1. The fraction of sp³-hybridized carbons (Fsp3) is 0.238. The molecule has 0 radical (unpaired) electrons. The van der Waals surface area contributed by atoms with Crippen LogP contribution in [-0.4, -0.2) is 44.8 Å². The maximum atomic E-state index is 12.9. The Bertz CT molecular complexity index is 1270. The number of carbonyl (C=O) groups excluding carboxylic acids is 1. The molecule has 1 saturated heterocycles. The lowest BCUT2D eigenvalue weighted by Crippen LogP contribution is -2.41. The molecule has 4 N–H and O–H groups in total. The first-order chi connectivity index (χ1) is 14.8. The van der Waals surface area contributed by atoms with Crippen molar-refractivity contribution < 1.29 is 17.9 Å². The molecule has 10 heteroatoms. The van der Waals surface area contributed by atoms with Crippen molar-refractivity contribution in [3.63, 3.8) is 0 Å². The molecule has 0 aliphatic carbocycles. The van der Waals surface area contributed by atoms with Crippen molar-refractivity contribution in [2.75, 3.05) is 13.7 Å². The molecule has 1 atom stereocenters. The van der Waals surface area contributed by atoms with Crippen LogP contribution < -0.4 is 15.2 Å². The number of nitrogen functional groups attached to an aromatic ring is 1. The van der Waals surface area contributed by atoms with Gasteiger partial charge in [0.1, 0.15) is 17.6 Å². The number of rotatable bonds is 7. The van der Waals surface area contributed by atoms with E-state index < -0.39 is 16.1 Å². The summed E-state index contributed by atoms with van der Waals surface area (Å²) in [5.74, 6) is 0.309. The van der Waals surface area contributed by atoms with Crippen molar-refractivity contribution in [3.05, 3.63) is 58.3 Å². The summed E-state index contributed by atoms with van der Waals surface area (Å²) in [6.45, 7) is 0.722. The number of thiophene rings is 1. The molecule has 3 aromatic rings. The monoisotopic (exact) mass is 458 g/mol. The number of nitrogens with two attached hydrogens (primary N) is 1. The van der Waals surface area contributed by atoms with Gasteiger partial charge >= 0.3 is 0 Å². The van der Waals surface area contributed by atoms with E-state index in [1.807, 2.05) is 23.6 Å². The fourth-order valence-corrected chi connectivity index (χ4v) is 5.70. The van der Waals surface area contributed by atoms with Crippen molar-refractivity contribution in [3.8, 4) is 5.75 Å². The summed E-state index contributed by atoms with van der Waals surface area (Å²) in [5.41, 5.74) is 6.38. The zero-order valence-corrected chi connectivity index (χ0v) is 18.4. The van der Waals surface area contributed by atoms with Crippen LogP contribution in [0.3, 0.4) is 0 Å². The fourth-order valence-electron chi connectivity index (χ4n) is 3.66. The van der Waals surface area contributed by atoms with E-state index in [0.717, 1.165) is 16.3 Å². The van der Waals surface area contributed by atoms with E-state index in [9.17, 15) is 13.2 Å². The highest BCUT2D eigenvalue weighted by Crippen LogP contribution is 2.25. The predicted molar refractivity (Wildman–Crippen MR) is 120 cm³/mol. The van der Waals surface area contributed by atoms with Gasteiger partial charge in [0.25, 0.3) is 0 Å². The van der Waals surface area contributed by atoms with Crippen LogP contribution in [0.15, 0.2) is 52.7 Å². The molecule has 1 fully saturated rings. The molecule has 8 nitrogen and oxygen atoms in total. The van der Waals surface area contributed by atoms with E-state index in [4.69, 9.17) is 15.9 Å². The van der Waals surface area contributed by atoms with Crippen molar-refractivity contribution in [1.82, 2.24) is 9.62 Å². The van der Waals surface area contributed by atoms with Gasteiger partial charge in [0.2, 0.25) is 15.9 Å². The first kappa shape index (κ1) is 21.3. The van der Waals surface area contributed by atoms with E-state index >= 15 is 0 Å². The highest BCUT2D eigenvalue weighted by atomic mass is 32.2. The molecule has 0 unspecified atom stereocenters. The number of benzene rings is 2. The van der Waals surface area contributed by atoms with Crippen molar-refractivity contribution in [1.29, 1.82) is 5.41 Å². The Balaban J connectivity index is 1.51. The molecule has 1 aliphatic rings. The van der Waals surface area contributed by atoms with Crippen LogP contribution >= 0.6 is 11.3 Å². The number of likely N-dealkylation sites (tertiary alicyclic amines) is 1. The summed E-state index contributed by atoms with van der Waals surface area (Å²) in [5, 5.41) is 11.1. The van der Waals surface area contributed by atoms with E-state index in [-0.39, 0.29) is 16.6 Å². The number of hydrogen-bond acceptors (Lipinski definition) is 6. The molecule has 0 bridgehead atoms. The van der Waals surface area contributed by atoms with Gasteiger partial charge in [-0.3, -0.25) is 10.2 Å². The lowest BCUT2D eigenvalue weighted by atomic mass is 10.1. The van der Waals surface area contributed by atoms with Gasteiger partial charge in [-0.1, -0.05) is 12.1 Å². The Morgan fingerprint density at radius 3 is 2.77 bits per heavy atom. The quantitative estimate of drug-likeness (QED) is 0.370. The Hall–Kier alpha value is -2.95. The minimum Gasteiger partial charge on any atom is -0.497 e. The van der Waals surface area contributed by atoms with E-state index in [1.54, 1.807) is 30.2 Å². The molecule has 31 heavy (non-hydrogen) atoms. The average molecular weight is 459 g/mol. The Labute approximate surface area is 184 Å². The van der Waals surface area contributed by atoms with Gasteiger partial charge in [-0.2, -0.15) is 4.72 Å². The maximum absolute atomic E-state index is 12.9. The number of nitrogens with one attached hydrogen (secondary N) is 2. The highest BCUT2D eigenvalue weighted by molar-refractivity contribution is 7.89. The topological polar surface area (TPSA) is 126 Å². The van der Waals surface area contributed by atoms with Gasteiger partial charge < -0.3 is 15.4 Å². The Kier molecular flexibility index (Phi) is 5.69. The third kappa shape index (κ3) is 4.27. The molecule has 0 saturated carbocycles. The summed E-state index contributed by atoms with van der Waals surface area (Å²) < 4.78 is 33.6. The molecule has 162 valence electrons. The van der Waals surface area contributed by atoms with Crippen LogP contribution in [0.1, 0.15) is 16.9 Å². The van der Waals surface area contributed by atoms with Crippen LogP contribution in [0, 0.1) is 5.41 Å². The zero-order valence-electron chi connectivity index (χ0n) is 16.8. The molecular formula is C21H22N4O4S2. The standard InChI is InChI=1S/C21H22N4O4S2/c1-29-16-4-2-13-3-5-17(11-15(13)10-16)31(27,28)24-18-6-8-25(21(18)26)12-14-7-9-30-19(14)20(22)23/h2-5,7,9-11,18,24H,6,8,12H2,1H3,(H3,22,23)/t18-/m0/s1. The maximum Gasteiger partial charge on any atom is 0.241 e. The van der Waals surface area contributed by atoms with Crippen LogP contribution in [0.2, 0.25) is 0 Å². The second kappa shape index (κ2) is 8.29. The Morgan fingerprint density at radius 2 is 2.03 bits per heavy atom. The normalized spacial score (nSPS) is 16.7. The minimum absolute atomic E-state index is 0.0400. The number of fused-ring (bicyclic) bond motifs is 1. The Morgan fingerprint density at radius 1 is 1.26 bits per heavy atom. The number of amides is 1. The van der Waals surface area contributed by atoms with E-state index in [0.29, 0.717) is 30.1 Å². The summed E-state index contributed by atoms with van der Waals surface area (Å²) in [4.78, 5) is 15.1. The summed E-state index contributed by atoms with van der Waals surface area (Å²) in [7, 11) is -2.33. The first-order valence-corrected chi connectivity index (χ1v) is 11.9. The van der Waals surface area contributed by atoms with Gasteiger partial charge in [-0.25, -0.2) is 8.42 Å². The van der Waals surface area contributed by atoms with Crippen LogP contribution in [0.25, 0.3) is 10.8 Å². The molecule has 1 amide bonds. The van der Waals surface area contributed by atoms with Crippen LogP contribution in [0.5, 0.6) is 5.75 Å². The molecule has 2 heterocycles. The predicted octanol–water partition coefficient (Wildman–Crippen LogP) is 2.27. The lowest BCUT2D eigenvalue weighted by molar-refractivity contribution is -0.129. The van der Waals surface area contributed by atoms with E-state index in [2.05, 4.69) is 4.72 Å².